The molecular weight excluding hydrogens is 316 g/mol. The van der Waals surface area contributed by atoms with Crippen LogP contribution in [0.1, 0.15) is 98.3 Å². The quantitative estimate of drug-likeness (QED) is 0.496. The van der Waals surface area contributed by atoms with Crippen LogP contribution in [0, 0.1) is 22.7 Å². The molecule has 4 heteroatoms. The van der Waals surface area contributed by atoms with Crippen LogP contribution in [0.5, 0.6) is 0 Å². The molecule has 1 aliphatic rings. The van der Waals surface area contributed by atoms with Gasteiger partial charge in [-0.1, -0.05) is 72.6 Å². The monoisotopic (exact) mass is 354 g/mol. The topological polar surface area (TPSA) is 74.6 Å². The van der Waals surface area contributed by atoms with Gasteiger partial charge in [0.15, 0.2) is 0 Å². The summed E-state index contributed by atoms with van der Waals surface area (Å²) >= 11 is 0. The first kappa shape index (κ1) is 22.0. The number of carbonyl (C=O) groups is 2. The van der Waals surface area contributed by atoms with Crippen molar-refractivity contribution in [1.29, 1.82) is 0 Å². The van der Waals surface area contributed by atoms with Gasteiger partial charge in [0.2, 0.25) is 0 Å². The Bertz CT molecular complexity index is 439. The Hall–Kier alpha value is -1.06. The SMILES string of the molecule is CCCCC(C(=O)O)(C(C)C)C(CCCC)(C(=O)O)C1CCCCC1. The standard InChI is InChI=1S/C21H38O4/c1-5-7-14-20(16(3)4,18(22)23)21(19(24)25,15-8-6-2)17-12-10-9-11-13-17/h16-17H,5-15H2,1-4H3,(H,22,23)(H,24,25). The lowest BCUT2D eigenvalue weighted by Gasteiger charge is -2.53. The first-order chi connectivity index (χ1) is 11.8. The van der Waals surface area contributed by atoms with E-state index >= 15 is 0 Å². The second kappa shape index (κ2) is 9.59. The summed E-state index contributed by atoms with van der Waals surface area (Å²) in [5.41, 5.74) is -2.34. The van der Waals surface area contributed by atoms with Gasteiger partial charge in [-0.05, 0) is 37.5 Å². The molecule has 0 aliphatic heterocycles. The smallest absolute Gasteiger partial charge is 0.311 e. The average molecular weight is 355 g/mol. The van der Waals surface area contributed by atoms with Crippen molar-refractivity contribution in [3.63, 3.8) is 0 Å². The molecule has 1 aliphatic carbocycles. The molecule has 2 atom stereocenters. The van der Waals surface area contributed by atoms with Crippen LogP contribution in [0.2, 0.25) is 0 Å². The fourth-order valence-electron chi connectivity index (χ4n) is 5.34. The van der Waals surface area contributed by atoms with E-state index in [9.17, 15) is 19.8 Å². The number of aliphatic carboxylic acids is 2. The van der Waals surface area contributed by atoms with Crippen LogP contribution in [-0.4, -0.2) is 22.2 Å². The van der Waals surface area contributed by atoms with Crippen LogP contribution >= 0.6 is 0 Å². The van der Waals surface area contributed by atoms with Gasteiger partial charge in [0.25, 0.3) is 0 Å². The van der Waals surface area contributed by atoms with Crippen LogP contribution in [0.4, 0.5) is 0 Å². The highest BCUT2D eigenvalue weighted by atomic mass is 16.4. The van der Waals surface area contributed by atoms with Crippen LogP contribution < -0.4 is 0 Å². The Kier molecular flexibility index (Phi) is 8.43. The van der Waals surface area contributed by atoms with Crippen molar-refractivity contribution < 1.29 is 19.8 Å². The maximum atomic E-state index is 12.8. The summed E-state index contributed by atoms with van der Waals surface area (Å²) in [7, 11) is 0. The van der Waals surface area contributed by atoms with Gasteiger partial charge in [-0.15, -0.1) is 0 Å². The molecule has 0 bridgehead atoms. The van der Waals surface area contributed by atoms with Crippen molar-refractivity contribution >= 4 is 11.9 Å². The predicted molar refractivity (Wildman–Crippen MR) is 101 cm³/mol. The minimum Gasteiger partial charge on any atom is -0.481 e. The first-order valence-corrected chi connectivity index (χ1v) is 10.3. The summed E-state index contributed by atoms with van der Waals surface area (Å²) in [4.78, 5) is 25.4. The molecule has 0 amide bonds. The third kappa shape index (κ3) is 4.03. The van der Waals surface area contributed by atoms with Crippen molar-refractivity contribution in [3.05, 3.63) is 0 Å². The van der Waals surface area contributed by atoms with Gasteiger partial charge in [0.1, 0.15) is 0 Å². The zero-order valence-corrected chi connectivity index (χ0v) is 16.6. The lowest BCUT2D eigenvalue weighted by atomic mass is 9.48. The van der Waals surface area contributed by atoms with Crippen molar-refractivity contribution in [2.24, 2.45) is 22.7 Å². The number of rotatable bonds is 11. The summed E-state index contributed by atoms with van der Waals surface area (Å²) in [6, 6.07) is 0. The zero-order valence-electron chi connectivity index (χ0n) is 16.6. The highest BCUT2D eigenvalue weighted by molar-refractivity contribution is 5.87. The highest BCUT2D eigenvalue weighted by Crippen LogP contribution is 2.59. The van der Waals surface area contributed by atoms with Gasteiger partial charge in [-0.2, -0.15) is 0 Å². The van der Waals surface area contributed by atoms with E-state index in [2.05, 4.69) is 6.92 Å². The van der Waals surface area contributed by atoms with E-state index in [-0.39, 0.29) is 11.8 Å². The maximum absolute atomic E-state index is 12.8. The number of hydrogen-bond acceptors (Lipinski definition) is 2. The molecule has 1 rings (SSSR count). The van der Waals surface area contributed by atoms with E-state index in [4.69, 9.17) is 0 Å². The molecule has 0 spiro atoms. The lowest BCUT2D eigenvalue weighted by molar-refractivity contribution is -0.192. The highest BCUT2D eigenvalue weighted by Gasteiger charge is 2.64. The maximum Gasteiger partial charge on any atom is 0.311 e. The van der Waals surface area contributed by atoms with Gasteiger partial charge in [0.05, 0.1) is 10.8 Å². The number of unbranched alkanes of at least 4 members (excludes halogenated alkanes) is 2. The number of hydrogen-bond donors (Lipinski definition) is 2. The largest absolute Gasteiger partial charge is 0.481 e. The molecule has 2 unspecified atom stereocenters. The molecule has 0 aromatic rings. The summed E-state index contributed by atoms with van der Waals surface area (Å²) < 4.78 is 0. The summed E-state index contributed by atoms with van der Waals surface area (Å²) in [6.07, 6.45) is 9.14. The lowest BCUT2D eigenvalue weighted by Crippen LogP contribution is -2.59. The Morgan fingerprint density at radius 1 is 0.920 bits per heavy atom. The van der Waals surface area contributed by atoms with Crippen molar-refractivity contribution in [1.82, 2.24) is 0 Å². The van der Waals surface area contributed by atoms with Crippen molar-refractivity contribution in [2.45, 2.75) is 98.3 Å². The van der Waals surface area contributed by atoms with Gasteiger partial charge in [0, 0.05) is 0 Å². The number of carboxylic acids is 2. The second-order valence-corrected chi connectivity index (χ2v) is 8.25. The Labute approximate surface area is 153 Å². The molecular formula is C21H38O4. The summed E-state index contributed by atoms with van der Waals surface area (Å²) in [5.74, 6) is -2.01. The third-order valence-electron chi connectivity index (χ3n) is 6.70. The third-order valence-corrected chi connectivity index (χ3v) is 6.70. The minimum atomic E-state index is -1.19. The summed E-state index contributed by atoms with van der Waals surface area (Å²) in [5, 5.41) is 20.8. The van der Waals surface area contributed by atoms with Gasteiger partial charge < -0.3 is 10.2 Å². The summed E-state index contributed by atoms with van der Waals surface area (Å²) in [6.45, 7) is 7.92. The van der Waals surface area contributed by atoms with E-state index in [1.54, 1.807) is 0 Å². The van der Waals surface area contributed by atoms with Crippen LogP contribution in [-0.2, 0) is 9.59 Å². The van der Waals surface area contributed by atoms with E-state index in [0.29, 0.717) is 12.8 Å². The Balaban J connectivity index is 3.59. The minimum absolute atomic E-state index is 0.0272. The van der Waals surface area contributed by atoms with Gasteiger partial charge in [-0.25, -0.2) is 0 Å². The fraction of sp³-hybridized carbons (Fsp3) is 0.905. The van der Waals surface area contributed by atoms with Gasteiger partial charge >= 0.3 is 11.9 Å². The molecule has 0 aromatic carbocycles. The molecule has 25 heavy (non-hydrogen) atoms. The molecule has 0 saturated heterocycles. The Morgan fingerprint density at radius 2 is 1.44 bits per heavy atom. The molecule has 1 saturated carbocycles. The van der Waals surface area contributed by atoms with Crippen molar-refractivity contribution in [2.75, 3.05) is 0 Å². The molecule has 0 aromatic heterocycles. The molecule has 0 radical (unpaired) electrons. The molecule has 2 N–H and O–H groups in total. The first-order valence-electron chi connectivity index (χ1n) is 10.3. The molecule has 4 nitrogen and oxygen atoms in total. The Morgan fingerprint density at radius 3 is 1.84 bits per heavy atom. The second-order valence-electron chi connectivity index (χ2n) is 8.25. The molecule has 0 heterocycles. The van der Waals surface area contributed by atoms with E-state index in [0.717, 1.165) is 57.8 Å². The zero-order chi connectivity index (χ0) is 19.1. The normalized spacial score (nSPS) is 20.8. The number of carboxylic acid groups (broad SMARTS) is 2. The predicted octanol–water partition coefficient (Wildman–Crippen LogP) is 5.75. The van der Waals surface area contributed by atoms with Crippen LogP contribution in [0.3, 0.4) is 0 Å². The van der Waals surface area contributed by atoms with Crippen LogP contribution in [0.15, 0.2) is 0 Å². The van der Waals surface area contributed by atoms with E-state index < -0.39 is 22.8 Å². The fourth-order valence-corrected chi connectivity index (χ4v) is 5.34. The molecule has 1 fully saturated rings. The average Bonchev–Trinajstić information content (AvgIpc) is 2.57. The van der Waals surface area contributed by atoms with E-state index in [1.807, 2.05) is 20.8 Å². The van der Waals surface area contributed by atoms with Crippen molar-refractivity contribution in [3.8, 4) is 0 Å². The molecule has 146 valence electrons. The van der Waals surface area contributed by atoms with Gasteiger partial charge in [-0.3, -0.25) is 9.59 Å². The van der Waals surface area contributed by atoms with E-state index in [1.165, 1.54) is 0 Å². The van der Waals surface area contributed by atoms with Crippen LogP contribution in [0.25, 0.3) is 0 Å².